The van der Waals surface area contributed by atoms with E-state index in [9.17, 15) is 18.3 Å². The van der Waals surface area contributed by atoms with Crippen LogP contribution < -0.4 is 9.64 Å². The van der Waals surface area contributed by atoms with Crippen molar-refractivity contribution in [3.05, 3.63) is 53.1 Å². The molecular formula is C21H23ClF3NO2. The lowest BCUT2D eigenvalue weighted by molar-refractivity contribution is -0.200. The molecule has 3 nitrogen and oxygen atoms in total. The first-order valence-electron chi connectivity index (χ1n) is 9.32. The highest BCUT2D eigenvalue weighted by atomic mass is 35.5. The molecule has 0 saturated heterocycles. The van der Waals surface area contributed by atoms with Gasteiger partial charge in [-0.1, -0.05) is 24.6 Å². The predicted molar refractivity (Wildman–Crippen MR) is 104 cm³/mol. The number of aryl methyl sites for hydroxylation is 1. The number of rotatable bonds is 8. The molecule has 0 aromatic heterocycles. The van der Waals surface area contributed by atoms with E-state index >= 15 is 0 Å². The second kappa shape index (κ2) is 8.62. The predicted octanol–water partition coefficient (Wildman–Crippen LogP) is 5.83. The lowest BCUT2D eigenvalue weighted by Crippen LogP contribution is -2.42. The lowest BCUT2D eigenvalue weighted by Gasteiger charge is -2.28. The van der Waals surface area contributed by atoms with Crippen LogP contribution in [0.3, 0.4) is 0 Å². The van der Waals surface area contributed by atoms with Crippen molar-refractivity contribution >= 4 is 17.3 Å². The van der Waals surface area contributed by atoms with Crippen LogP contribution in [0, 0.1) is 5.92 Å². The minimum absolute atomic E-state index is 0.369. The Kier molecular flexibility index (Phi) is 6.40. The fourth-order valence-corrected chi connectivity index (χ4v) is 3.23. The normalized spacial score (nSPS) is 15.4. The van der Waals surface area contributed by atoms with Gasteiger partial charge in [-0.3, -0.25) is 0 Å². The van der Waals surface area contributed by atoms with Crippen molar-refractivity contribution in [3.8, 4) is 11.5 Å². The highest BCUT2D eigenvalue weighted by Crippen LogP contribution is 2.34. The van der Waals surface area contributed by atoms with Gasteiger partial charge in [0.25, 0.3) is 0 Å². The van der Waals surface area contributed by atoms with E-state index in [4.69, 9.17) is 16.3 Å². The van der Waals surface area contributed by atoms with Crippen molar-refractivity contribution in [2.45, 2.75) is 38.5 Å². The van der Waals surface area contributed by atoms with E-state index in [0.29, 0.717) is 34.7 Å². The van der Waals surface area contributed by atoms with Crippen LogP contribution in [0.4, 0.5) is 18.9 Å². The van der Waals surface area contributed by atoms with Crippen molar-refractivity contribution in [1.29, 1.82) is 0 Å². The number of anilines is 1. The summed E-state index contributed by atoms with van der Waals surface area (Å²) in [6.45, 7) is 1.98. The largest absolute Gasteiger partial charge is 0.457 e. The zero-order valence-corrected chi connectivity index (χ0v) is 16.3. The monoisotopic (exact) mass is 413 g/mol. The van der Waals surface area contributed by atoms with Gasteiger partial charge in [0.2, 0.25) is 0 Å². The van der Waals surface area contributed by atoms with E-state index in [-0.39, 0.29) is 0 Å². The van der Waals surface area contributed by atoms with Gasteiger partial charge in [-0.2, -0.15) is 13.2 Å². The Labute approximate surface area is 167 Å². The minimum atomic E-state index is -4.64. The highest BCUT2D eigenvalue weighted by molar-refractivity contribution is 6.31. The number of alkyl halides is 3. The number of hydrogen-bond acceptors (Lipinski definition) is 3. The molecule has 152 valence electrons. The number of halogens is 4. The number of hydrogen-bond donors (Lipinski definition) is 1. The van der Waals surface area contributed by atoms with Crippen molar-refractivity contribution in [3.63, 3.8) is 0 Å². The first-order chi connectivity index (χ1) is 13.3. The SMILES string of the molecule is CCc1cc(Oc2cccc(N(CC3CC3)CC(O)C(F)(F)F)c2)ccc1Cl. The molecule has 0 bridgehead atoms. The molecule has 0 radical (unpaired) electrons. The fourth-order valence-electron chi connectivity index (χ4n) is 2.98. The molecule has 0 spiro atoms. The van der Waals surface area contributed by atoms with Gasteiger partial charge in [-0.25, -0.2) is 0 Å². The maximum absolute atomic E-state index is 12.8. The molecular weight excluding hydrogens is 391 g/mol. The molecule has 1 aliphatic carbocycles. The molecule has 28 heavy (non-hydrogen) atoms. The summed E-state index contributed by atoms with van der Waals surface area (Å²) in [6.07, 6.45) is -4.27. The molecule has 1 saturated carbocycles. The smallest absolute Gasteiger partial charge is 0.416 e. The van der Waals surface area contributed by atoms with Gasteiger partial charge in [0.05, 0.1) is 6.54 Å². The van der Waals surface area contributed by atoms with Gasteiger partial charge in [-0.05, 0) is 61.1 Å². The van der Waals surface area contributed by atoms with Crippen LogP contribution in [0.5, 0.6) is 11.5 Å². The van der Waals surface area contributed by atoms with Crippen molar-refractivity contribution in [2.24, 2.45) is 5.92 Å². The summed E-state index contributed by atoms with van der Waals surface area (Å²) >= 11 is 6.13. The van der Waals surface area contributed by atoms with Gasteiger partial charge >= 0.3 is 6.18 Å². The van der Waals surface area contributed by atoms with Crippen LogP contribution in [-0.2, 0) is 6.42 Å². The van der Waals surface area contributed by atoms with E-state index in [1.54, 1.807) is 41.3 Å². The molecule has 2 aromatic carbocycles. The van der Waals surface area contributed by atoms with Crippen LogP contribution in [0.1, 0.15) is 25.3 Å². The molecule has 1 atom stereocenters. The summed E-state index contributed by atoms with van der Waals surface area (Å²) in [7, 11) is 0. The molecule has 3 rings (SSSR count). The standard InChI is InChI=1S/C21H23ClF3NO2/c1-2-15-10-18(8-9-19(15)22)28-17-5-3-4-16(11-17)26(12-14-6-7-14)13-20(27)21(23,24)25/h3-5,8-11,14,20,27H,2,6-7,12-13H2,1H3. The molecule has 7 heteroatoms. The number of aliphatic hydroxyl groups is 1. The summed E-state index contributed by atoms with van der Waals surface area (Å²) in [6, 6.07) is 12.3. The molecule has 0 aliphatic heterocycles. The van der Waals surface area contributed by atoms with Gasteiger partial charge in [0, 0.05) is 23.3 Å². The second-order valence-corrected chi connectivity index (χ2v) is 7.52. The number of benzene rings is 2. The van der Waals surface area contributed by atoms with Crippen molar-refractivity contribution < 1.29 is 23.0 Å². The average Bonchev–Trinajstić information content (AvgIpc) is 3.46. The molecule has 1 N–H and O–H groups in total. The second-order valence-electron chi connectivity index (χ2n) is 7.11. The van der Waals surface area contributed by atoms with Gasteiger partial charge < -0.3 is 14.7 Å². The van der Waals surface area contributed by atoms with E-state index in [2.05, 4.69) is 0 Å². The Balaban J connectivity index is 1.78. The third kappa shape index (κ3) is 5.55. The summed E-state index contributed by atoms with van der Waals surface area (Å²) in [4.78, 5) is 1.59. The Bertz CT molecular complexity index is 808. The summed E-state index contributed by atoms with van der Waals surface area (Å²) in [5, 5.41) is 10.2. The van der Waals surface area contributed by atoms with Crippen LogP contribution in [0.2, 0.25) is 5.02 Å². The third-order valence-electron chi connectivity index (χ3n) is 4.76. The zero-order valence-electron chi connectivity index (χ0n) is 15.5. The Morgan fingerprint density at radius 3 is 2.54 bits per heavy atom. The summed E-state index contributed by atoms with van der Waals surface area (Å²) < 4.78 is 44.4. The first kappa shape index (κ1) is 20.8. The Hall–Kier alpha value is -1.92. The van der Waals surface area contributed by atoms with Gasteiger partial charge in [0.1, 0.15) is 11.5 Å². The van der Waals surface area contributed by atoms with Crippen LogP contribution in [0.15, 0.2) is 42.5 Å². The topological polar surface area (TPSA) is 32.7 Å². The molecule has 1 aliphatic rings. The Morgan fingerprint density at radius 2 is 1.89 bits per heavy atom. The quantitative estimate of drug-likeness (QED) is 0.590. The summed E-state index contributed by atoms with van der Waals surface area (Å²) in [5.41, 5.74) is 1.55. The number of ether oxygens (including phenoxy) is 1. The summed E-state index contributed by atoms with van der Waals surface area (Å²) in [5.74, 6) is 1.50. The van der Waals surface area contributed by atoms with Gasteiger partial charge in [0.15, 0.2) is 6.10 Å². The average molecular weight is 414 g/mol. The Morgan fingerprint density at radius 1 is 1.18 bits per heavy atom. The molecule has 1 unspecified atom stereocenters. The van der Waals surface area contributed by atoms with E-state index in [0.717, 1.165) is 24.8 Å². The molecule has 1 fully saturated rings. The third-order valence-corrected chi connectivity index (χ3v) is 5.13. The zero-order chi connectivity index (χ0) is 20.3. The van der Waals surface area contributed by atoms with Crippen molar-refractivity contribution in [2.75, 3.05) is 18.0 Å². The number of aliphatic hydroxyl groups excluding tert-OH is 1. The minimum Gasteiger partial charge on any atom is -0.457 e. The van der Waals surface area contributed by atoms with Crippen LogP contribution in [-0.4, -0.2) is 30.5 Å². The maximum Gasteiger partial charge on any atom is 0.416 e. The molecule has 0 amide bonds. The molecule has 0 heterocycles. The first-order valence-corrected chi connectivity index (χ1v) is 9.70. The van der Waals surface area contributed by atoms with Crippen LogP contribution >= 0.6 is 11.6 Å². The van der Waals surface area contributed by atoms with E-state index < -0.39 is 18.8 Å². The van der Waals surface area contributed by atoms with Crippen LogP contribution in [0.25, 0.3) is 0 Å². The fraction of sp³-hybridized carbons (Fsp3) is 0.429. The number of nitrogens with zero attached hydrogens (tertiary/aromatic N) is 1. The molecule has 2 aromatic rings. The van der Waals surface area contributed by atoms with E-state index in [1.807, 2.05) is 13.0 Å². The maximum atomic E-state index is 12.8. The van der Waals surface area contributed by atoms with Crippen molar-refractivity contribution in [1.82, 2.24) is 0 Å². The van der Waals surface area contributed by atoms with Gasteiger partial charge in [-0.15, -0.1) is 0 Å². The highest BCUT2D eigenvalue weighted by Gasteiger charge is 2.40. The lowest BCUT2D eigenvalue weighted by atomic mass is 10.1. The van der Waals surface area contributed by atoms with E-state index in [1.165, 1.54) is 0 Å².